The molecule has 0 fully saturated rings. The Bertz CT molecular complexity index is 1420. The highest BCUT2D eigenvalue weighted by molar-refractivity contribution is 5.98. The maximum absolute atomic E-state index is 4.64. The fraction of sp³-hybridized carbons (Fsp3) is 0.154. The molecule has 6 heteroatoms. The molecule has 1 aliphatic rings. The first kappa shape index (κ1) is 18.8. The van der Waals surface area contributed by atoms with Crippen LogP contribution < -0.4 is 16.0 Å². The second kappa shape index (κ2) is 7.07. The first-order valence-corrected chi connectivity index (χ1v) is 10.8. The summed E-state index contributed by atoms with van der Waals surface area (Å²) in [6.45, 7) is 2.16. The number of hydrogen-bond acceptors (Lipinski definition) is 5. The van der Waals surface area contributed by atoms with Gasteiger partial charge in [0.25, 0.3) is 0 Å². The Kier molecular flexibility index (Phi) is 4.16. The Balaban J connectivity index is 1.55. The topological polar surface area (TPSA) is 77.7 Å². The standard InChI is InChI=1S/C26H24N6/c1-16(27-2)26(29-23-9-5-6-10-24(23)30-26)25-20-13-17(11-12-22(20)31-32-25)21-15-28-14-18-7-3-4-8-19(18)21/h3-16,27,29-30H,1-2H3,(H,31,32). The molecule has 1 unspecified atom stereocenters. The zero-order chi connectivity index (χ0) is 21.7. The maximum atomic E-state index is 4.64. The SMILES string of the molecule is CNC(C)C1(c2[nH]nc3ccc(-c4cncc5ccccc45)cc23)Nc2ccccc2N1. The summed E-state index contributed by atoms with van der Waals surface area (Å²) in [5.74, 6) is 0. The average molecular weight is 421 g/mol. The lowest BCUT2D eigenvalue weighted by Crippen LogP contribution is -2.54. The summed E-state index contributed by atoms with van der Waals surface area (Å²) in [6, 6.07) is 23.1. The number of likely N-dealkylation sites (N-methyl/N-ethyl adjacent to an activating group) is 1. The van der Waals surface area contributed by atoms with Crippen molar-refractivity contribution < 1.29 is 0 Å². The van der Waals surface area contributed by atoms with E-state index >= 15 is 0 Å². The molecule has 0 saturated heterocycles. The second-order valence-electron chi connectivity index (χ2n) is 8.35. The molecule has 0 aliphatic carbocycles. The summed E-state index contributed by atoms with van der Waals surface area (Å²) in [7, 11) is 1.98. The van der Waals surface area contributed by atoms with Gasteiger partial charge in [-0.25, -0.2) is 0 Å². The van der Waals surface area contributed by atoms with E-state index in [1.54, 1.807) is 0 Å². The predicted molar refractivity (Wildman–Crippen MR) is 131 cm³/mol. The van der Waals surface area contributed by atoms with Gasteiger partial charge in [0, 0.05) is 28.7 Å². The van der Waals surface area contributed by atoms with Gasteiger partial charge in [0.1, 0.15) is 0 Å². The fourth-order valence-corrected chi connectivity index (χ4v) is 4.76. The minimum Gasteiger partial charge on any atom is -0.355 e. The average Bonchev–Trinajstić information content (AvgIpc) is 3.45. The van der Waals surface area contributed by atoms with E-state index in [2.05, 4.69) is 86.6 Å². The van der Waals surface area contributed by atoms with Gasteiger partial charge in [-0.05, 0) is 49.2 Å². The molecule has 6 nitrogen and oxygen atoms in total. The second-order valence-corrected chi connectivity index (χ2v) is 8.35. The smallest absolute Gasteiger partial charge is 0.167 e. The van der Waals surface area contributed by atoms with Gasteiger partial charge in [0.05, 0.1) is 28.6 Å². The minimum absolute atomic E-state index is 0.0708. The number of para-hydroxylation sites is 2. The number of nitrogens with zero attached hydrogens (tertiary/aromatic N) is 2. The van der Waals surface area contributed by atoms with E-state index in [4.69, 9.17) is 0 Å². The molecule has 0 amide bonds. The molecule has 32 heavy (non-hydrogen) atoms. The molecule has 3 heterocycles. The number of fused-ring (bicyclic) bond motifs is 3. The number of pyridine rings is 1. The highest BCUT2D eigenvalue weighted by atomic mass is 15.3. The van der Waals surface area contributed by atoms with Gasteiger partial charge in [0.15, 0.2) is 5.66 Å². The Morgan fingerprint density at radius 3 is 2.41 bits per heavy atom. The lowest BCUT2D eigenvalue weighted by molar-refractivity contribution is 0.410. The number of rotatable bonds is 4. The van der Waals surface area contributed by atoms with Crippen molar-refractivity contribution in [3.63, 3.8) is 0 Å². The molecule has 0 saturated carbocycles. The number of aromatic amines is 1. The van der Waals surface area contributed by atoms with Crippen molar-refractivity contribution in [2.24, 2.45) is 0 Å². The minimum atomic E-state index is -0.567. The van der Waals surface area contributed by atoms with Crippen molar-refractivity contribution in [2.75, 3.05) is 17.7 Å². The van der Waals surface area contributed by atoms with Gasteiger partial charge in [0.2, 0.25) is 0 Å². The Labute approximate surface area is 186 Å². The number of nitrogens with one attached hydrogen (secondary N) is 4. The first-order chi connectivity index (χ1) is 15.7. The third-order valence-corrected chi connectivity index (χ3v) is 6.60. The van der Waals surface area contributed by atoms with Crippen LogP contribution in [0.2, 0.25) is 0 Å². The van der Waals surface area contributed by atoms with Crippen molar-refractivity contribution in [3.8, 4) is 11.1 Å². The fourth-order valence-electron chi connectivity index (χ4n) is 4.76. The van der Waals surface area contributed by atoms with Crippen LogP contribution in [0.4, 0.5) is 11.4 Å². The molecular formula is C26H24N6. The van der Waals surface area contributed by atoms with Crippen LogP contribution in [0.5, 0.6) is 0 Å². The first-order valence-electron chi connectivity index (χ1n) is 10.8. The maximum Gasteiger partial charge on any atom is 0.167 e. The van der Waals surface area contributed by atoms with Crippen LogP contribution in [0.3, 0.4) is 0 Å². The molecular weight excluding hydrogens is 396 g/mol. The summed E-state index contributed by atoms with van der Waals surface area (Å²) in [6.07, 6.45) is 3.85. The Hall–Kier alpha value is -3.90. The molecule has 0 spiro atoms. The molecule has 4 N–H and O–H groups in total. The molecule has 2 aromatic heterocycles. The van der Waals surface area contributed by atoms with Crippen LogP contribution in [0.15, 0.2) is 79.1 Å². The summed E-state index contributed by atoms with van der Waals surface area (Å²) >= 11 is 0. The molecule has 1 atom stereocenters. The van der Waals surface area contributed by atoms with Crippen LogP contribution in [0.25, 0.3) is 32.8 Å². The molecule has 0 radical (unpaired) electrons. The van der Waals surface area contributed by atoms with Crippen molar-refractivity contribution in [2.45, 2.75) is 18.6 Å². The molecule has 1 aliphatic heterocycles. The van der Waals surface area contributed by atoms with Crippen LogP contribution in [-0.4, -0.2) is 28.3 Å². The molecule has 5 aromatic rings. The van der Waals surface area contributed by atoms with E-state index in [0.29, 0.717) is 0 Å². The highest BCUT2D eigenvalue weighted by Gasteiger charge is 2.45. The number of anilines is 2. The summed E-state index contributed by atoms with van der Waals surface area (Å²) in [5, 5.41) is 22.2. The van der Waals surface area contributed by atoms with Gasteiger partial charge in [-0.3, -0.25) is 10.1 Å². The Morgan fingerprint density at radius 1 is 0.875 bits per heavy atom. The van der Waals surface area contributed by atoms with Gasteiger partial charge in [-0.2, -0.15) is 5.10 Å². The van der Waals surface area contributed by atoms with E-state index in [1.165, 1.54) is 5.39 Å². The lowest BCUT2D eigenvalue weighted by atomic mass is 9.93. The molecule has 3 aromatic carbocycles. The zero-order valence-corrected chi connectivity index (χ0v) is 18.0. The highest BCUT2D eigenvalue weighted by Crippen LogP contribution is 2.43. The summed E-state index contributed by atoms with van der Waals surface area (Å²) in [4.78, 5) is 4.48. The summed E-state index contributed by atoms with van der Waals surface area (Å²) < 4.78 is 0. The summed E-state index contributed by atoms with van der Waals surface area (Å²) in [5.41, 5.74) is 5.75. The monoisotopic (exact) mass is 420 g/mol. The molecule has 0 bridgehead atoms. The number of hydrogen-bond donors (Lipinski definition) is 4. The van der Waals surface area contributed by atoms with Gasteiger partial charge in [-0.15, -0.1) is 0 Å². The van der Waals surface area contributed by atoms with Gasteiger partial charge in [-0.1, -0.05) is 42.5 Å². The predicted octanol–water partition coefficient (Wildman–Crippen LogP) is 5.08. The number of H-pyrrole nitrogens is 1. The largest absolute Gasteiger partial charge is 0.355 e. The molecule has 6 rings (SSSR count). The van der Waals surface area contributed by atoms with E-state index < -0.39 is 5.66 Å². The van der Waals surface area contributed by atoms with E-state index in [9.17, 15) is 0 Å². The zero-order valence-electron chi connectivity index (χ0n) is 18.0. The van der Waals surface area contributed by atoms with Crippen LogP contribution in [0, 0.1) is 0 Å². The van der Waals surface area contributed by atoms with Crippen molar-refractivity contribution in [3.05, 3.63) is 84.8 Å². The van der Waals surface area contributed by atoms with E-state index in [1.807, 2.05) is 37.6 Å². The van der Waals surface area contributed by atoms with Gasteiger partial charge >= 0.3 is 0 Å². The molecule has 158 valence electrons. The third-order valence-electron chi connectivity index (χ3n) is 6.60. The van der Waals surface area contributed by atoms with Crippen molar-refractivity contribution in [1.29, 1.82) is 0 Å². The van der Waals surface area contributed by atoms with E-state index in [0.717, 1.165) is 44.5 Å². The number of aromatic nitrogens is 3. The van der Waals surface area contributed by atoms with Crippen LogP contribution >= 0.6 is 0 Å². The Morgan fingerprint density at radius 2 is 1.62 bits per heavy atom. The van der Waals surface area contributed by atoms with E-state index in [-0.39, 0.29) is 6.04 Å². The lowest BCUT2D eigenvalue weighted by Gasteiger charge is -2.36. The third kappa shape index (κ3) is 2.70. The van der Waals surface area contributed by atoms with Crippen molar-refractivity contribution in [1.82, 2.24) is 20.5 Å². The quantitative estimate of drug-likeness (QED) is 0.326. The van der Waals surface area contributed by atoms with Crippen LogP contribution in [-0.2, 0) is 5.66 Å². The normalized spacial score (nSPS) is 15.3. The number of benzene rings is 3. The van der Waals surface area contributed by atoms with Gasteiger partial charge < -0.3 is 16.0 Å². The van der Waals surface area contributed by atoms with Crippen LogP contribution in [0.1, 0.15) is 12.6 Å². The van der Waals surface area contributed by atoms with Crippen molar-refractivity contribution >= 4 is 33.1 Å².